The Morgan fingerprint density at radius 3 is 1.62 bits per heavy atom. The van der Waals surface area contributed by atoms with Gasteiger partial charge in [0.15, 0.2) is 0 Å². The molecule has 2 unspecified atom stereocenters. The lowest BCUT2D eigenvalue weighted by Gasteiger charge is -2.51. The van der Waals surface area contributed by atoms with Crippen molar-refractivity contribution in [3.05, 3.63) is 174 Å². The van der Waals surface area contributed by atoms with Crippen LogP contribution in [0.4, 0.5) is 45.5 Å². The summed E-state index contributed by atoms with van der Waals surface area (Å²) in [6.45, 7) is 7.69. The van der Waals surface area contributed by atoms with Crippen molar-refractivity contribution in [2.75, 3.05) is 14.7 Å². The molecule has 4 heterocycles. The van der Waals surface area contributed by atoms with Crippen LogP contribution in [0.1, 0.15) is 69.1 Å². The van der Waals surface area contributed by atoms with Crippen LogP contribution in [0.3, 0.4) is 0 Å². The molecule has 3 nitrogen and oxygen atoms in total. The number of para-hydroxylation sites is 2. The Kier molecular flexibility index (Phi) is 6.64. The van der Waals surface area contributed by atoms with Gasteiger partial charge in [0.25, 0.3) is 6.71 Å². The third-order valence-electron chi connectivity index (χ3n) is 14.6. The van der Waals surface area contributed by atoms with Crippen molar-refractivity contribution in [2.45, 2.75) is 63.3 Å². The largest absolute Gasteiger partial charge is 0.334 e. The molecular weight excluding hydrogens is 677 g/mol. The summed E-state index contributed by atoms with van der Waals surface area (Å²) in [5, 5.41) is 0. The smallest absolute Gasteiger partial charge is 0.252 e. The Morgan fingerprint density at radius 2 is 1.04 bits per heavy atom. The first-order chi connectivity index (χ1) is 27.5. The lowest BCUT2D eigenvalue weighted by Crippen LogP contribution is -2.65. The standard InChI is InChI=1S/C52H44BN3/c1-34-40-23-15-25-44-48(40)53-49-41(34)24-16-26-45(49)55(38-21-11-6-12-22-38)47-33-39(32-46(50(47)53)54(44)37-19-9-5-10-20-37)56-43-28-27-36(35-17-7-4-8-18-35)31-42(43)51(2)29-13-14-30-52(51,56)3/h4-12,15-28,31-34H,13-14,29-30H2,1-3H3. The fraction of sp³-hybridized carbons (Fsp3) is 0.192. The average Bonchev–Trinajstić information content (AvgIpc) is 3.45. The highest BCUT2D eigenvalue weighted by Gasteiger charge is 2.58. The average molecular weight is 722 g/mol. The van der Waals surface area contributed by atoms with Gasteiger partial charge in [-0.05, 0) is 125 Å². The van der Waals surface area contributed by atoms with Gasteiger partial charge in [-0.15, -0.1) is 0 Å². The summed E-state index contributed by atoms with van der Waals surface area (Å²) in [6.07, 6.45) is 4.82. The van der Waals surface area contributed by atoms with Crippen molar-refractivity contribution in [2.24, 2.45) is 0 Å². The molecule has 0 N–H and O–H groups in total. The summed E-state index contributed by atoms with van der Waals surface area (Å²) in [4.78, 5) is 7.95. The normalized spacial score (nSPS) is 21.1. The molecule has 0 spiro atoms. The van der Waals surface area contributed by atoms with Crippen LogP contribution in [0.25, 0.3) is 11.1 Å². The van der Waals surface area contributed by atoms with E-state index in [1.165, 1.54) is 109 Å². The first-order valence-corrected chi connectivity index (χ1v) is 20.6. The van der Waals surface area contributed by atoms with E-state index in [0.29, 0.717) is 5.92 Å². The third-order valence-corrected chi connectivity index (χ3v) is 14.6. The van der Waals surface area contributed by atoms with Gasteiger partial charge >= 0.3 is 0 Å². The predicted octanol–water partition coefficient (Wildman–Crippen LogP) is 11.6. The lowest BCUT2D eigenvalue weighted by molar-refractivity contribution is 0.195. The molecule has 7 aromatic rings. The van der Waals surface area contributed by atoms with E-state index in [4.69, 9.17) is 0 Å². The van der Waals surface area contributed by atoms with E-state index in [-0.39, 0.29) is 17.7 Å². The molecule has 5 aliphatic rings. The SMILES string of the molecule is CC1c2cccc3c2B2c4c1cccc4N(c1ccccc1)c1cc(N4c5ccc(-c6ccccc6)cc5C5(C)CCCCC45C)cc(c12)N3c1ccccc1. The maximum atomic E-state index is 2.78. The molecule has 1 fully saturated rings. The van der Waals surface area contributed by atoms with Gasteiger partial charge in [-0.3, -0.25) is 0 Å². The first kappa shape index (κ1) is 32.3. The van der Waals surface area contributed by atoms with Crippen molar-refractivity contribution < 1.29 is 0 Å². The van der Waals surface area contributed by atoms with Gasteiger partial charge in [-0.2, -0.15) is 0 Å². The number of fused-ring (bicyclic) bond motifs is 3. The fourth-order valence-corrected chi connectivity index (χ4v) is 11.8. The Bertz CT molecular complexity index is 2610. The maximum absolute atomic E-state index is 2.78. The van der Waals surface area contributed by atoms with E-state index < -0.39 is 0 Å². The van der Waals surface area contributed by atoms with Gasteiger partial charge in [0.05, 0.1) is 5.54 Å². The summed E-state index contributed by atoms with van der Waals surface area (Å²) in [5.41, 5.74) is 21.4. The first-order valence-electron chi connectivity index (χ1n) is 20.6. The monoisotopic (exact) mass is 721 g/mol. The van der Waals surface area contributed by atoms with Crippen molar-refractivity contribution in [3.8, 4) is 11.1 Å². The topological polar surface area (TPSA) is 9.72 Å². The van der Waals surface area contributed by atoms with E-state index in [2.05, 4.69) is 193 Å². The Labute approximate surface area is 330 Å². The molecule has 0 aromatic heterocycles. The van der Waals surface area contributed by atoms with Gasteiger partial charge in [0.1, 0.15) is 0 Å². The molecule has 4 aliphatic heterocycles. The van der Waals surface area contributed by atoms with Gasteiger partial charge < -0.3 is 14.7 Å². The summed E-state index contributed by atoms with van der Waals surface area (Å²) in [5.74, 6) is 0.291. The Morgan fingerprint density at radius 1 is 0.482 bits per heavy atom. The highest BCUT2D eigenvalue weighted by atomic mass is 15.3. The van der Waals surface area contributed by atoms with Crippen LogP contribution in [0.5, 0.6) is 0 Å². The molecule has 2 atom stereocenters. The van der Waals surface area contributed by atoms with Crippen molar-refractivity contribution in [1.29, 1.82) is 0 Å². The number of hydrogen-bond acceptors (Lipinski definition) is 3. The molecular formula is C52H44BN3. The minimum absolute atomic E-state index is 0.000741. The van der Waals surface area contributed by atoms with Crippen LogP contribution >= 0.6 is 0 Å². The van der Waals surface area contributed by atoms with Crippen LogP contribution < -0.4 is 31.1 Å². The van der Waals surface area contributed by atoms with E-state index in [1.807, 2.05) is 0 Å². The Balaban J connectivity index is 1.18. The quantitative estimate of drug-likeness (QED) is 0.168. The van der Waals surface area contributed by atoms with Crippen LogP contribution in [0.15, 0.2) is 158 Å². The van der Waals surface area contributed by atoms with Crippen molar-refractivity contribution in [1.82, 2.24) is 0 Å². The zero-order valence-electron chi connectivity index (χ0n) is 32.3. The molecule has 7 aromatic carbocycles. The second-order valence-corrected chi connectivity index (χ2v) is 17.2. The zero-order valence-corrected chi connectivity index (χ0v) is 32.3. The molecule has 4 heteroatoms. The zero-order chi connectivity index (χ0) is 37.3. The molecule has 0 bridgehead atoms. The van der Waals surface area contributed by atoms with E-state index in [9.17, 15) is 0 Å². The summed E-state index contributed by atoms with van der Waals surface area (Å²) < 4.78 is 0. The number of anilines is 8. The number of rotatable bonds is 4. The number of nitrogens with zero attached hydrogens (tertiary/aromatic N) is 3. The lowest BCUT2D eigenvalue weighted by atomic mass is 9.30. The van der Waals surface area contributed by atoms with Gasteiger partial charge in [0.2, 0.25) is 0 Å². The summed E-state index contributed by atoms with van der Waals surface area (Å²) in [7, 11) is 0. The van der Waals surface area contributed by atoms with E-state index in [1.54, 1.807) is 0 Å². The van der Waals surface area contributed by atoms with Gasteiger partial charge in [-0.25, -0.2) is 0 Å². The van der Waals surface area contributed by atoms with Crippen LogP contribution in [0.2, 0.25) is 0 Å². The molecule has 1 aliphatic carbocycles. The molecule has 0 radical (unpaired) electrons. The van der Waals surface area contributed by atoms with E-state index >= 15 is 0 Å². The van der Waals surface area contributed by atoms with Crippen LogP contribution in [0, 0.1) is 0 Å². The molecule has 270 valence electrons. The number of hydrogen-bond donors (Lipinski definition) is 0. The van der Waals surface area contributed by atoms with E-state index in [0.717, 1.165) is 6.42 Å². The predicted molar refractivity (Wildman–Crippen MR) is 236 cm³/mol. The minimum Gasteiger partial charge on any atom is -0.334 e. The van der Waals surface area contributed by atoms with Gasteiger partial charge in [0, 0.05) is 56.8 Å². The minimum atomic E-state index is -0.0984. The van der Waals surface area contributed by atoms with Crippen LogP contribution in [-0.2, 0) is 5.41 Å². The van der Waals surface area contributed by atoms with Crippen LogP contribution in [-0.4, -0.2) is 12.3 Å². The molecule has 56 heavy (non-hydrogen) atoms. The third kappa shape index (κ3) is 4.09. The summed E-state index contributed by atoms with van der Waals surface area (Å²) >= 11 is 0. The van der Waals surface area contributed by atoms with Crippen molar-refractivity contribution in [3.63, 3.8) is 0 Å². The Hall–Kier alpha value is -6.00. The second kappa shape index (κ2) is 11.5. The maximum Gasteiger partial charge on any atom is 0.252 e. The highest BCUT2D eigenvalue weighted by Crippen LogP contribution is 2.62. The molecule has 12 rings (SSSR count). The fourth-order valence-electron chi connectivity index (χ4n) is 11.8. The molecule has 1 saturated carbocycles. The molecule has 0 saturated heterocycles. The van der Waals surface area contributed by atoms with Crippen molar-refractivity contribution >= 4 is 68.6 Å². The summed E-state index contributed by atoms with van der Waals surface area (Å²) in [6, 6.07) is 59.7. The molecule has 0 amide bonds. The van der Waals surface area contributed by atoms with Gasteiger partial charge in [-0.1, -0.05) is 124 Å². The highest BCUT2D eigenvalue weighted by molar-refractivity contribution is 7.01. The second-order valence-electron chi connectivity index (χ2n) is 17.2. The number of benzene rings is 7.